The molecule has 0 bridgehead atoms. The van der Waals surface area contributed by atoms with Crippen LogP contribution in [0.25, 0.3) is 27.7 Å². The van der Waals surface area contributed by atoms with Gasteiger partial charge in [0, 0.05) is 17.5 Å². The number of aromatic nitrogens is 4. The van der Waals surface area contributed by atoms with E-state index in [4.69, 9.17) is 4.74 Å². The molecule has 0 aliphatic carbocycles. The molecule has 0 aliphatic rings. The van der Waals surface area contributed by atoms with Crippen molar-refractivity contribution in [3.05, 3.63) is 57.6 Å². The van der Waals surface area contributed by atoms with Gasteiger partial charge in [0.05, 0.1) is 35.5 Å². The van der Waals surface area contributed by atoms with Crippen molar-refractivity contribution >= 4 is 34.0 Å². The first-order chi connectivity index (χ1) is 14.5. The molecule has 4 heterocycles. The van der Waals surface area contributed by atoms with Crippen molar-refractivity contribution < 1.29 is 4.74 Å². The van der Waals surface area contributed by atoms with E-state index in [2.05, 4.69) is 31.7 Å². The van der Waals surface area contributed by atoms with E-state index >= 15 is 0 Å². The van der Waals surface area contributed by atoms with Crippen LogP contribution in [0.5, 0.6) is 5.88 Å². The first-order valence-electron chi connectivity index (χ1n) is 9.16. The lowest BCUT2D eigenvalue weighted by molar-refractivity contribution is 0.398. The van der Waals surface area contributed by atoms with Gasteiger partial charge in [0.15, 0.2) is 0 Å². The normalized spacial score (nSPS) is 11.5. The van der Waals surface area contributed by atoms with Gasteiger partial charge in [-0.2, -0.15) is 10.5 Å². The second-order valence-electron chi connectivity index (χ2n) is 6.87. The molecule has 0 unspecified atom stereocenters. The minimum absolute atomic E-state index is 0.410. The highest BCUT2D eigenvalue weighted by molar-refractivity contribution is 7.13. The van der Waals surface area contributed by atoms with Gasteiger partial charge < -0.3 is 14.3 Å². The number of methoxy groups -OCH3 is 1. The average Bonchev–Trinajstić information content (AvgIpc) is 3.40. The molecule has 0 fully saturated rings. The van der Waals surface area contributed by atoms with Crippen molar-refractivity contribution in [2.24, 2.45) is 0 Å². The molecule has 8 heteroatoms. The van der Waals surface area contributed by atoms with Crippen molar-refractivity contribution in [1.29, 1.82) is 10.5 Å². The summed E-state index contributed by atoms with van der Waals surface area (Å²) in [6, 6.07) is 8.27. The van der Waals surface area contributed by atoms with Gasteiger partial charge >= 0.3 is 0 Å². The molecule has 7 nitrogen and oxygen atoms in total. The van der Waals surface area contributed by atoms with E-state index in [1.165, 1.54) is 0 Å². The lowest BCUT2D eigenvalue weighted by atomic mass is 10.1. The van der Waals surface area contributed by atoms with Crippen LogP contribution in [0.2, 0.25) is 0 Å². The molecule has 1 N–H and O–H groups in total. The van der Waals surface area contributed by atoms with Crippen molar-refractivity contribution in [2.45, 2.75) is 20.8 Å². The number of rotatable bonds is 4. The molecule has 4 aromatic rings. The van der Waals surface area contributed by atoms with Gasteiger partial charge in [-0.1, -0.05) is 0 Å². The Labute approximate surface area is 177 Å². The Bertz CT molecular complexity index is 1390. The number of allylic oxidation sites excluding steroid dienone is 1. The number of hydrogen-bond acceptors (Lipinski definition) is 6. The van der Waals surface area contributed by atoms with E-state index in [0.717, 1.165) is 33.0 Å². The zero-order chi connectivity index (χ0) is 21.4. The predicted molar refractivity (Wildman–Crippen MR) is 116 cm³/mol. The number of aromatic amines is 1. The first-order valence-corrected chi connectivity index (χ1v) is 10.0. The van der Waals surface area contributed by atoms with E-state index in [9.17, 15) is 10.5 Å². The number of nitriles is 2. The number of aryl methyl sites for hydroxylation is 2. The number of ether oxygens (including phenoxy) is 1. The fraction of sp³-hybridized carbons (Fsp3) is 0.182. The highest BCUT2D eigenvalue weighted by atomic mass is 32.1. The lowest BCUT2D eigenvalue weighted by Crippen LogP contribution is -1.99. The summed E-state index contributed by atoms with van der Waals surface area (Å²) in [5, 5.41) is 22.2. The molecule has 148 valence electrons. The summed E-state index contributed by atoms with van der Waals surface area (Å²) in [6.07, 6.45) is 3.45. The maximum Gasteiger partial charge on any atom is 0.215 e. The SMILES string of the molecule is COc1cc2nc(C(C#N)=Cc3cc(C)n(-c4scc(C)c4C#N)c3C)[nH]c2cn1. The molecule has 4 rings (SSSR count). The van der Waals surface area contributed by atoms with Gasteiger partial charge in [0.2, 0.25) is 5.88 Å². The number of thiophene rings is 1. The molecular weight excluding hydrogens is 396 g/mol. The Morgan fingerprint density at radius 3 is 2.77 bits per heavy atom. The van der Waals surface area contributed by atoms with Gasteiger partial charge in [-0.3, -0.25) is 0 Å². The van der Waals surface area contributed by atoms with Crippen LogP contribution < -0.4 is 4.74 Å². The molecule has 0 saturated heterocycles. The van der Waals surface area contributed by atoms with Crippen molar-refractivity contribution in [3.8, 4) is 23.0 Å². The molecular formula is C22H18N6OS. The summed E-state index contributed by atoms with van der Waals surface area (Å²) in [6.45, 7) is 5.91. The maximum atomic E-state index is 9.77. The van der Waals surface area contributed by atoms with Crippen LogP contribution in [0.4, 0.5) is 0 Å². The van der Waals surface area contributed by atoms with E-state index in [1.807, 2.05) is 38.3 Å². The quantitative estimate of drug-likeness (QED) is 0.488. The Balaban J connectivity index is 1.81. The molecule has 4 aromatic heterocycles. The Hall–Kier alpha value is -3.88. The molecule has 0 amide bonds. The fourth-order valence-electron chi connectivity index (χ4n) is 3.42. The molecule has 0 radical (unpaired) electrons. The van der Waals surface area contributed by atoms with Gasteiger partial charge in [0.1, 0.15) is 23.0 Å². The Kier molecular flexibility index (Phi) is 4.86. The maximum absolute atomic E-state index is 9.77. The van der Waals surface area contributed by atoms with Gasteiger partial charge in [0.25, 0.3) is 0 Å². The first kappa shape index (κ1) is 19.4. The van der Waals surface area contributed by atoms with E-state index in [-0.39, 0.29) is 0 Å². The van der Waals surface area contributed by atoms with Gasteiger partial charge in [-0.25, -0.2) is 9.97 Å². The van der Waals surface area contributed by atoms with Crippen LogP contribution in [-0.4, -0.2) is 26.6 Å². The van der Waals surface area contributed by atoms with Crippen molar-refractivity contribution in [1.82, 2.24) is 19.5 Å². The number of nitrogens with one attached hydrogen (secondary N) is 1. The second-order valence-corrected chi connectivity index (χ2v) is 7.73. The highest BCUT2D eigenvalue weighted by Crippen LogP contribution is 2.31. The van der Waals surface area contributed by atoms with Crippen LogP contribution >= 0.6 is 11.3 Å². The summed E-state index contributed by atoms with van der Waals surface area (Å²) in [4.78, 5) is 11.8. The van der Waals surface area contributed by atoms with E-state index in [1.54, 1.807) is 30.7 Å². The number of nitrogens with zero attached hydrogens (tertiary/aromatic N) is 5. The predicted octanol–water partition coefficient (Wildman–Crippen LogP) is 4.68. The molecule has 30 heavy (non-hydrogen) atoms. The van der Waals surface area contributed by atoms with Crippen LogP contribution in [0, 0.1) is 43.4 Å². The summed E-state index contributed by atoms with van der Waals surface area (Å²) in [5.41, 5.74) is 6.30. The number of imidazole rings is 1. The van der Waals surface area contributed by atoms with Gasteiger partial charge in [-0.15, -0.1) is 11.3 Å². The zero-order valence-corrected chi connectivity index (χ0v) is 17.8. The van der Waals surface area contributed by atoms with Crippen molar-refractivity contribution in [2.75, 3.05) is 7.11 Å². The van der Waals surface area contributed by atoms with Crippen LogP contribution in [0.15, 0.2) is 23.7 Å². The fourth-order valence-corrected chi connectivity index (χ4v) is 4.53. The number of pyridine rings is 1. The third kappa shape index (κ3) is 3.14. The molecule has 0 atom stereocenters. The number of hydrogen-bond donors (Lipinski definition) is 1. The van der Waals surface area contributed by atoms with Crippen LogP contribution in [0.3, 0.4) is 0 Å². The minimum atomic E-state index is 0.410. The summed E-state index contributed by atoms with van der Waals surface area (Å²) in [7, 11) is 1.55. The third-order valence-electron chi connectivity index (χ3n) is 4.97. The van der Waals surface area contributed by atoms with Crippen molar-refractivity contribution in [3.63, 3.8) is 0 Å². The highest BCUT2D eigenvalue weighted by Gasteiger charge is 2.17. The van der Waals surface area contributed by atoms with Crippen LogP contribution in [0.1, 0.15) is 33.9 Å². The molecule has 0 aliphatic heterocycles. The smallest absolute Gasteiger partial charge is 0.215 e. The lowest BCUT2D eigenvalue weighted by Gasteiger charge is -2.07. The van der Waals surface area contributed by atoms with E-state index in [0.29, 0.717) is 28.4 Å². The number of H-pyrrole nitrogens is 1. The summed E-state index contributed by atoms with van der Waals surface area (Å²) >= 11 is 1.54. The molecule has 0 saturated carbocycles. The Morgan fingerprint density at radius 1 is 1.27 bits per heavy atom. The monoisotopic (exact) mass is 414 g/mol. The van der Waals surface area contributed by atoms with Gasteiger partial charge in [-0.05, 0) is 49.4 Å². The third-order valence-corrected chi connectivity index (χ3v) is 6.05. The summed E-state index contributed by atoms with van der Waals surface area (Å²) < 4.78 is 7.20. The number of fused-ring (bicyclic) bond motifs is 1. The zero-order valence-electron chi connectivity index (χ0n) is 16.9. The minimum Gasteiger partial charge on any atom is -0.481 e. The summed E-state index contributed by atoms with van der Waals surface area (Å²) in [5.74, 6) is 0.933. The Morgan fingerprint density at radius 2 is 2.07 bits per heavy atom. The molecule has 0 spiro atoms. The second kappa shape index (κ2) is 7.51. The average molecular weight is 414 g/mol. The largest absolute Gasteiger partial charge is 0.481 e. The van der Waals surface area contributed by atoms with Crippen LogP contribution in [-0.2, 0) is 0 Å². The molecule has 0 aromatic carbocycles. The topological polar surface area (TPSA) is 103 Å². The van der Waals surface area contributed by atoms with E-state index < -0.39 is 0 Å². The standard InChI is InChI=1S/C22H18N6OS/c1-12-11-30-22(17(12)9-24)28-13(2)5-15(14(28)3)6-16(8-23)21-26-18-7-20(29-4)25-10-19(18)27-21/h5-7,10-11H,1-4H3,(H,26,27).